The third-order valence-electron chi connectivity index (χ3n) is 4.35. The molecule has 0 spiro atoms. The number of aryl methyl sites for hydroxylation is 1. The Morgan fingerprint density at radius 1 is 1.25 bits per heavy atom. The van der Waals surface area contributed by atoms with E-state index in [0.717, 1.165) is 63.4 Å². The molecule has 1 aliphatic carbocycles. The van der Waals surface area contributed by atoms with Gasteiger partial charge in [0.25, 0.3) is 0 Å². The number of nitrogens with one attached hydrogen (secondary N) is 1. The van der Waals surface area contributed by atoms with Crippen molar-refractivity contribution in [3.63, 3.8) is 0 Å². The fraction of sp³-hybridized carbons (Fsp3) is 0.769. The van der Waals surface area contributed by atoms with Crippen molar-refractivity contribution in [3.05, 3.63) is 11.4 Å². The molecule has 1 amide bonds. The Kier molecular flexibility index (Phi) is 3.98. The number of nitrogens with zero attached hydrogens (tertiary/aromatic N) is 4. The predicted octanol–water partition coefficient (Wildman–Crippen LogP) is -0.987. The zero-order valence-corrected chi connectivity index (χ0v) is 11.7. The number of hydrogen-bond acceptors (Lipinski definition) is 5. The van der Waals surface area contributed by atoms with Crippen molar-refractivity contribution in [1.29, 1.82) is 0 Å². The van der Waals surface area contributed by atoms with Crippen molar-refractivity contribution >= 4 is 5.91 Å². The Balaban J connectivity index is 1.55. The number of aromatic nitrogens is 3. The number of carbonyl (C=O) groups excluding carboxylic acids is 1. The number of carbonyl (C=O) groups is 1. The average molecular weight is 278 g/mol. The number of piperazine rings is 1. The van der Waals surface area contributed by atoms with E-state index >= 15 is 0 Å². The van der Waals surface area contributed by atoms with Crippen LogP contribution in [0.2, 0.25) is 0 Å². The first-order chi connectivity index (χ1) is 9.78. The van der Waals surface area contributed by atoms with E-state index in [9.17, 15) is 4.79 Å². The highest BCUT2D eigenvalue weighted by molar-refractivity contribution is 5.79. The lowest BCUT2D eigenvalue weighted by molar-refractivity contribution is -0.137. The number of rotatable bonds is 3. The summed E-state index contributed by atoms with van der Waals surface area (Å²) >= 11 is 0. The molecule has 7 nitrogen and oxygen atoms in total. The van der Waals surface area contributed by atoms with E-state index in [1.807, 2.05) is 4.90 Å². The number of aromatic amines is 1. The molecular formula is C13H22N6O. The largest absolute Gasteiger partial charge is 0.340 e. The lowest BCUT2D eigenvalue weighted by Gasteiger charge is -2.36. The molecule has 3 rings (SSSR count). The SMILES string of the molecule is NCCN1CCN(C(=O)C2CCc3n[nH]nc3C2)CC1. The zero-order chi connectivity index (χ0) is 13.9. The highest BCUT2D eigenvalue weighted by Gasteiger charge is 2.31. The van der Waals surface area contributed by atoms with Crippen LogP contribution in [-0.4, -0.2) is 70.4 Å². The van der Waals surface area contributed by atoms with Gasteiger partial charge in [-0.25, -0.2) is 0 Å². The van der Waals surface area contributed by atoms with Crippen LogP contribution in [0.15, 0.2) is 0 Å². The maximum absolute atomic E-state index is 12.6. The highest BCUT2D eigenvalue weighted by Crippen LogP contribution is 2.24. The molecule has 3 N–H and O–H groups in total. The van der Waals surface area contributed by atoms with E-state index in [1.165, 1.54) is 0 Å². The lowest BCUT2D eigenvalue weighted by atomic mass is 9.88. The van der Waals surface area contributed by atoms with E-state index in [2.05, 4.69) is 20.3 Å². The molecule has 110 valence electrons. The van der Waals surface area contributed by atoms with Crippen LogP contribution >= 0.6 is 0 Å². The molecule has 20 heavy (non-hydrogen) atoms. The predicted molar refractivity (Wildman–Crippen MR) is 74.0 cm³/mol. The average Bonchev–Trinajstić information content (AvgIpc) is 2.95. The third kappa shape index (κ3) is 2.69. The molecule has 1 atom stereocenters. The van der Waals surface area contributed by atoms with E-state index in [0.29, 0.717) is 6.54 Å². The van der Waals surface area contributed by atoms with Gasteiger partial charge in [-0.3, -0.25) is 9.69 Å². The summed E-state index contributed by atoms with van der Waals surface area (Å²) in [7, 11) is 0. The second kappa shape index (κ2) is 5.88. The van der Waals surface area contributed by atoms with Gasteiger partial charge in [0, 0.05) is 51.6 Å². The maximum Gasteiger partial charge on any atom is 0.226 e. The van der Waals surface area contributed by atoms with Crippen LogP contribution in [0.25, 0.3) is 0 Å². The second-order valence-corrected chi connectivity index (χ2v) is 5.61. The van der Waals surface area contributed by atoms with Crippen molar-refractivity contribution in [2.45, 2.75) is 19.3 Å². The molecule has 0 aromatic carbocycles. The van der Waals surface area contributed by atoms with Crippen molar-refractivity contribution in [2.75, 3.05) is 39.3 Å². The lowest BCUT2D eigenvalue weighted by Crippen LogP contribution is -2.51. The van der Waals surface area contributed by atoms with E-state index in [-0.39, 0.29) is 11.8 Å². The minimum Gasteiger partial charge on any atom is -0.340 e. The summed E-state index contributed by atoms with van der Waals surface area (Å²) in [5.74, 6) is 0.361. The molecule has 1 fully saturated rings. The Hall–Kier alpha value is -1.47. The summed E-state index contributed by atoms with van der Waals surface area (Å²) in [5, 5.41) is 10.9. The quantitative estimate of drug-likeness (QED) is 0.741. The number of hydrogen-bond donors (Lipinski definition) is 2. The van der Waals surface area contributed by atoms with E-state index < -0.39 is 0 Å². The third-order valence-corrected chi connectivity index (χ3v) is 4.35. The summed E-state index contributed by atoms with van der Waals surface area (Å²) in [4.78, 5) is 16.9. The fourth-order valence-electron chi connectivity index (χ4n) is 3.13. The Labute approximate surface area is 118 Å². The molecule has 1 aromatic heterocycles. The number of nitrogens with two attached hydrogens (primary N) is 1. The van der Waals surface area contributed by atoms with E-state index in [4.69, 9.17) is 5.73 Å². The van der Waals surface area contributed by atoms with Gasteiger partial charge in [-0.05, 0) is 12.8 Å². The minimum atomic E-state index is 0.0775. The van der Waals surface area contributed by atoms with Gasteiger partial charge in [0.2, 0.25) is 5.91 Å². The van der Waals surface area contributed by atoms with Gasteiger partial charge in [-0.15, -0.1) is 0 Å². The Morgan fingerprint density at radius 2 is 2.00 bits per heavy atom. The smallest absolute Gasteiger partial charge is 0.226 e. The van der Waals surface area contributed by atoms with Crippen molar-refractivity contribution < 1.29 is 4.79 Å². The van der Waals surface area contributed by atoms with Crippen LogP contribution in [0, 0.1) is 5.92 Å². The maximum atomic E-state index is 12.6. The van der Waals surface area contributed by atoms with Crippen LogP contribution in [0.1, 0.15) is 17.8 Å². The van der Waals surface area contributed by atoms with Gasteiger partial charge < -0.3 is 10.6 Å². The molecule has 1 saturated heterocycles. The Bertz CT molecular complexity index is 465. The standard InChI is InChI=1S/C13H22N6O/c14-3-4-18-5-7-19(8-6-18)13(20)10-1-2-11-12(9-10)16-17-15-11/h10H,1-9,14H2,(H,15,16,17). The molecule has 2 heterocycles. The van der Waals surface area contributed by atoms with Gasteiger partial charge in [0.15, 0.2) is 0 Å². The normalized spacial score (nSPS) is 23.6. The molecule has 1 aromatic rings. The minimum absolute atomic E-state index is 0.0775. The number of amides is 1. The summed E-state index contributed by atoms with van der Waals surface area (Å²) < 4.78 is 0. The first-order valence-electron chi connectivity index (χ1n) is 7.37. The van der Waals surface area contributed by atoms with Crippen molar-refractivity contribution in [3.8, 4) is 0 Å². The van der Waals surface area contributed by atoms with Crippen LogP contribution < -0.4 is 5.73 Å². The van der Waals surface area contributed by atoms with Gasteiger partial charge in [-0.2, -0.15) is 15.4 Å². The molecule has 0 bridgehead atoms. The summed E-state index contributed by atoms with van der Waals surface area (Å²) in [6, 6.07) is 0. The van der Waals surface area contributed by atoms with Crippen molar-refractivity contribution in [1.82, 2.24) is 25.2 Å². The molecule has 0 saturated carbocycles. The van der Waals surface area contributed by atoms with Crippen LogP contribution in [-0.2, 0) is 17.6 Å². The van der Waals surface area contributed by atoms with Crippen LogP contribution in [0.4, 0.5) is 0 Å². The number of fused-ring (bicyclic) bond motifs is 1. The van der Waals surface area contributed by atoms with Gasteiger partial charge in [0.1, 0.15) is 0 Å². The molecule has 1 aliphatic heterocycles. The number of H-pyrrole nitrogens is 1. The Morgan fingerprint density at radius 3 is 2.75 bits per heavy atom. The van der Waals surface area contributed by atoms with Crippen molar-refractivity contribution in [2.24, 2.45) is 11.7 Å². The molecule has 1 unspecified atom stereocenters. The molecule has 0 radical (unpaired) electrons. The van der Waals surface area contributed by atoms with Crippen LogP contribution in [0.5, 0.6) is 0 Å². The highest BCUT2D eigenvalue weighted by atomic mass is 16.2. The molecular weight excluding hydrogens is 256 g/mol. The van der Waals surface area contributed by atoms with E-state index in [1.54, 1.807) is 0 Å². The fourth-order valence-corrected chi connectivity index (χ4v) is 3.13. The second-order valence-electron chi connectivity index (χ2n) is 5.61. The van der Waals surface area contributed by atoms with Gasteiger partial charge in [-0.1, -0.05) is 0 Å². The summed E-state index contributed by atoms with van der Waals surface area (Å²) in [5.41, 5.74) is 7.57. The zero-order valence-electron chi connectivity index (χ0n) is 11.7. The van der Waals surface area contributed by atoms with Gasteiger partial charge in [0.05, 0.1) is 11.4 Å². The van der Waals surface area contributed by atoms with Gasteiger partial charge >= 0.3 is 0 Å². The summed E-state index contributed by atoms with van der Waals surface area (Å²) in [6.07, 6.45) is 2.48. The topological polar surface area (TPSA) is 91.1 Å². The first kappa shape index (κ1) is 13.5. The first-order valence-corrected chi connectivity index (χ1v) is 7.37. The summed E-state index contributed by atoms with van der Waals surface area (Å²) in [6.45, 7) is 5.12. The molecule has 2 aliphatic rings. The monoisotopic (exact) mass is 278 g/mol. The molecule has 7 heteroatoms. The van der Waals surface area contributed by atoms with Crippen LogP contribution in [0.3, 0.4) is 0 Å².